The predicted octanol–water partition coefficient (Wildman–Crippen LogP) is 3.87. The summed E-state index contributed by atoms with van der Waals surface area (Å²) < 4.78 is 14.1. The van der Waals surface area contributed by atoms with Crippen LogP contribution in [0.25, 0.3) is 0 Å². The molecule has 90 valence electrons. The lowest BCUT2D eigenvalue weighted by Gasteiger charge is -2.04. The fourth-order valence-electron chi connectivity index (χ4n) is 1.58. The Bertz CT molecular complexity index is 484. The predicted molar refractivity (Wildman–Crippen MR) is 71.1 cm³/mol. The largest absolute Gasteiger partial charge is 0.312 e. The van der Waals surface area contributed by atoms with Crippen molar-refractivity contribution < 1.29 is 4.39 Å². The van der Waals surface area contributed by atoms with E-state index in [1.165, 1.54) is 10.9 Å². The normalized spacial score (nSPS) is 10.7. The second-order valence-electron chi connectivity index (χ2n) is 3.72. The quantitative estimate of drug-likeness (QED) is 0.813. The topological polar surface area (TPSA) is 12.0 Å². The fourth-order valence-corrected chi connectivity index (χ4v) is 2.64. The molecule has 1 aromatic carbocycles. The number of rotatable bonds is 5. The Morgan fingerprint density at radius 2 is 2.00 bits per heavy atom. The molecule has 1 heterocycles. The Morgan fingerprint density at radius 3 is 2.71 bits per heavy atom. The summed E-state index contributed by atoms with van der Waals surface area (Å²) in [6, 6.07) is 10.8. The molecule has 17 heavy (non-hydrogen) atoms. The molecule has 0 aliphatic carbocycles. The van der Waals surface area contributed by atoms with Gasteiger partial charge in [0.05, 0.1) is 4.34 Å². The van der Waals surface area contributed by atoms with Gasteiger partial charge in [-0.15, -0.1) is 11.3 Å². The smallest absolute Gasteiger partial charge is 0.126 e. The molecular formula is C13H13ClFNS. The van der Waals surface area contributed by atoms with Crippen LogP contribution >= 0.6 is 22.9 Å². The van der Waals surface area contributed by atoms with E-state index in [-0.39, 0.29) is 5.82 Å². The van der Waals surface area contributed by atoms with Crippen LogP contribution < -0.4 is 5.32 Å². The van der Waals surface area contributed by atoms with E-state index in [2.05, 4.69) is 5.32 Å². The maximum Gasteiger partial charge on any atom is 0.126 e. The zero-order chi connectivity index (χ0) is 12.1. The maximum absolute atomic E-state index is 13.3. The third-order valence-corrected chi connectivity index (χ3v) is 3.69. The molecule has 1 nitrogen and oxygen atoms in total. The Kier molecular flexibility index (Phi) is 4.54. The molecule has 4 heteroatoms. The van der Waals surface area contributed by atoms with Crippen molar-refractivity contribution in [1.82, 2.24) is 5.32 Å². The summed E-state index contributed by atoms with van der Waals surface area (Å²) in [6.45, 7) is 1.54. The number of nitrogens with one attached hydrogen (secondary N) is 1. The molecule has 0 radical (unpaired) electrons. The Hall–Kier alpha value is -0.900. The monoisotopic (exact) mass is 269 g/mol. The lowest BCUT2D eigenvalue weighted by atomic mass is 10.1. The summed E-state index contributed by atoms with van der Waals surface area (Å²) >= 11 is 7.40. The van der Waals surface area contributed by atoms with Crippen molar-refractivity contribution in [3.63, 3.8) is 0 Å². The summed E-state index contributed by atoms with van der Waals surface area (Å²) in [7, 11) is 0. The highest BCUT2D eigenvalue weighted by Crippen LogP contribution is 2.20. The zero-order valence-corrected chi connectivity index (χ0v) is 10.8. The van der Waals surface area contributed by atoms with Gasteiger partial charge in [-0.1, -0.05) is 29.8 Å². The summed E-state index contributed by atoms with van der Waals surface area (Å²) in [5.41, 5.74) is 0.754. The lowest BCUT2D eigenvalue weighted by molar-refractivity contribution is 0.598. The minimum absolute atomic E-state index is 0.131. The van der Waals surface area contributed by atoms with Gasteiger partial charge in [0.15, 0.2) is 0 Å². The van der Waals surface area contributed by atoms with Crippen molar-refractivity contribution in [1.29, 1.82) is 0 Å². The Morgan fingerprint density at radius 1 is 1.18 bits per heavy atom. The van der Waals surface area contributed by atoms with Crippen molar-refractivity contribution in [2.75, 3.05) is 6.54 Å². The first-order valence-corrected chi connectivity index (χ1v) is 6.63. The fraction of sp³-hybridized carbons (Fsp3) is 0.231. The lowest BCUT2D eigenvalue weighted by Crippen LogP contribution is -2.16. The summed E-state index contributed by atoms with van der Waals surface area (Å²) in [6.07, 6.45) is 0.700. The van der Waals surface area contributed by atoms with Crippen LogP contribution in [0.5, 0.6) is 0 Å². The third kappa shape index (κ3) is 3.80. The molecule has 0 unspecified atom stereocenters. The van der Waals surface area contributed by atoms with Gasteiger partial charge in [0.25, 0.3) is 0 Å². The van der Waals surface area contributed by atoms with Crippen LogP contribution in [0.2, 0.25) is 4.34 Å². The Labute approximate surface area is 109 Å². The second kappa shape index (κ2) is 6.15. The van der Waals surface area contributed by atoms with E-state index in [9.17, 15) is 4.39 Å². The molecule has 0 aliphatic heterocycles. The van der Waals surface area contributed by atoms with Crippen LogP contribution in [0.3, 0.4) is 0 Å². The van der Waals surface area contributed by atoms with Gasteiger partial charge < -0.3 is 5.32 Å². The molecular weight excluding hydrogens is 257 g/mol. The van der Waals surface area contributed by atoms with Crippen molar-refractivity contribution >= 4 is 22.9 Å². The van der Waals surface area contributed by atoms with Gasteiger partial charge >= 0.3 is 0 Å². The SMILES string of the molecule is Fc1ccccc1CCNCc1ccc(Cl)s1. The van der Waals surface area contributed by atoms with Crippen LogP contribution in [-0.2, 0) is 13.0 Å². The number of halogens is 2. The molecule has 2 rings (SSSR count). The van der Waals surface area contributed by atoms with Crippen LogP contribution in [0.4, 0.5) is 4.39 Å². The molecule has 0 saturated carbocycles. The Balaban J connectivity index is 1.75. The number of hydrogen-bond donors (Lipinski definition) is 1. The molecule has 2 aromatic rings. The molecule has 1 N–H and O–H groups in total. The minimum atomic E-state index is -0.131. The summed E-state index contributed by atoms with van der Waals surface area (Å²) in [5.74, 6) is -0.131. The first kappa shape index (κ1) is 12.6. The molecule has 0 saturated heterocycles. The van der Waals surface area contributed by atoms with Gasteiger partial charge in [-0.2, -0.15) is 0 Å². The van der Waals surface area contributed by atoms with Crippen LogP contribution in [0.1, 0.15) is 10.4 Å². The second-order valence-corrected chi connectivity index (χ2v) is 5.52. The van der Waals surface area contributed by atoms with Crippen molar-refractivity contribution in [2.45, 2.75) is 13.0 Å². The highest BCUT2D eigenvalue weighted by atomic mass is 35.5. The maximum atomic E-state index is 13.3. The molecule has 0 spiro atoms. The summed E-state index contributed by atoms with van der Waals surface area (Å²) in [4.78, 5) is 1.20. The van der Waals surface area contributed by atoms with Gasteiger partial charge in [0.2, 0.25) is 0 Å². The minimum Gasteiger partial charge on any atom is -0.312 e. The van der Waals surface area contributed by atoms with Gasteiger partial charge in [-0.05, 0) is 36.7 Å². The number of benzene rings is 1. The molecule has 0 amide bonds. The van der Waals surface area contributed by atoms with Crippen LogP contribution in [0.15, 0.2) is 36.4 Å². The van der Waals surface area contributed by atoms with Gasteiger partial charge in [-0.3, -0.25) is 0 Å². The standard InChI is InChI=1S/C13H13ClFNS/c14-13-6-5-11(17-13)9-16-8-7-10-3-1-2-4-12(10)15/h1-6,16H,7-9H2. The molecule has 0 fully saturated rings. The van der Waals surface area contributed by atoms with E-state index >= 15 is 0 Å². The van der Waals surface area contributed by atoms with E-state index < -0.39 is 0 Å². The van der Waals surface area contributed by atoms with Crippen molar-refractivity contribution in [2.24, 2.45) is 0 Å². The van der Waals surface area contributed by atoms with E-state index in [1.807, 2.05) is 24.3 Å². The molecule has 0 aliphatic rings. The van der Waals surface area contributed by atoms with Gasteiger partial charge in [0, 0.05) is 11.4 Å². The highest BCUT2D eigenvalue weighted by Gasteiger charge is 2.00. The van der Waals surface area contributed by atoms with Gasteiger partial charge in [0.1, 0.15) is 5.82 Å². The molecule has 0 atom stereocenters. The van der Waals surface area contributed by atoms with Crippen LogP contribution in [-0.4, -0.2) is 6.54 Å². The van der Waals surface area contributed by atoms with E-state index in [0.717, 1.165) is 23.0 Å². The summed E-state index contributed by atoms with van der Waals surface area (Å²) in [5, 5.41) is 3.28. The third-order valence-electron chi connectivity index (χ3n) is 2.46. The molecule has 1 aromatic heterocycles. The van der Waals surface area contributed by atoms with E-state index in [1.54, 1.807) is 17.4 Å². The van der Waals surface area contributed by atoms with Crippen molar-refractivity contribution in [3.05, 3.63) is 57.0 Å². The molecule has 0 bridgehead atoms. The van der Waals surface area contributed by atoms with Crippen molar-refractivity contribution in [3.8, 4) is 0 Å². The van der Waals surface area contributed by atoms with Gasteiger partial charge in [-0.25, -0.2) is 4.39 Å². The first-order valence-electron chi connectivity index (χ1n) is 5.44. The number of thiophene rings is 1. The first-order chi connectivity index (χ1) is 8.25. The zero-order valence-electron chi connectivity index (χ0n) is 9.25. The average Bonchev–Trinajstić information content (AvgIpc) is 2.73. The van der Waals surface area contributed by atoms with E-state index in [4.69, 9.17) is 11.6 Å². The van der Waals surface area contributed by atoms with Crippen LogP contribution in [0, 0.1) is 5.82 Å². The highest BCUT2D eigenvalue weighted by molar-refractivity contribution is 7.16. The van der Waals surface area contributed by atoms with E-state index in [0.29, 0.717) is 6.42 Å². The average molecular weight is 270 g/mol. The number of hydrogen-bond acceptors (Lipinski definition) is 2.